The quantitative estimate of drug-likeness (QED) is 0.729. The minimum absolute atomic E-state index is 0.507. The zero-order chi connectivity index (χ0) is 16.8. The van der Waals surface area contributed by atoms with Crippen LogP contribution in [0.5, 0.6) is 0 Å². The Bertz CT molecular complexity index is 287. The lowest BCUT2D eigenvalue weighted by Crippen LogP contribution is -2.41. The molecule has 2 aliphatic heterocycles. The second-order valence-electron chi connectivity index (χ2n) is 8.35. The summed E-state index contributed by atoms with van der Waals surface area (Å²) in [6.07, 6.45) is 5.53. The highest BCUT2D eigenvalue weighted by Crippen LogP contribution is 2.34. The van der Waals surface area contributed by atoms with Gasteiger partial charge in [-0.15, -0.1) is 0 Å². The summed E-state index contributed by atoms with van der Waals surface area (Å²) in [5, 5.41) is 0. The Balaban J connectivity index is 0.00000116. The first-order valence-electron chi connectivity index (χ1n) is 9.86. The van der Waals surface area contributed by atoms with Gasteiger partial charge >= 0.3 is 0 Å². The van der Waals surface area contributed by atoms with Crippen molar-refractivity contribution in [2.45, 2.75) is 80.2 Å². The van der Waals surface area contributed by atoms with E-state index >= 15 is 0 Å². The van der Waals surface area contributed by atoms with Crippen LogP contribution >= 0.6 is 0 Å². The van der Waals surface area contributed by atoms with Crippen molar-refractivity contribution >= 4 is 0 Å². The molecule has 2 heteroatoms. The smallest absolute Gasteiger partial charge is 0.00644 e. The summed E-state index contributed by atoms with van der Waals surface area (Å²) < 4.78 is 0. The van der Waals surface area contributed by atoms with Crippen LogP contribution in [0.15, 0.2) is 0 Å². The minimum atomic E-state index is 0.507. The summed E-state index contributed by atoms with van der Waals surface area (Å²) in [5.41, 5.74) is 0.507. The molecule has 0 aromatic rings. The number of nitrogens with zero attached hydrogens (tertiary/aromatic N) is 2. The maximum absolute atomic E-state index is 2.74. The first kappa shape index (κ1) is 20.0. The van der Waals surface area contributed by atoms with E-state index in [4.69, 9.17) is 0 Å². The number of hydrogen-bond donors (Lipinski definition) is 0. The fraction of sp³-hybridized carbons (Fsp3) is 1.00. The molecule has 2 saturated heterocycles. The van der Waals surface area contributed by atoms with Gasteiger partial charge in [0, 0.05) is 19.1 Å². The monoisotopic (exact) mass is 310 g/mol. The Kier molecular flexibility index (Phi) is 8.42. The van der Waals surface area contributed by atoms with Crippen LogP contribution in [0, 0.1) is 17.3 Å². The molecule has 0 amide bonds. The van der Waals surface area contributed by atoms with Crippen LogP contribution in [-0.4, -0.2) is 48.6 Å². The molecule has 2 atom stereocenters. The first-order valence-corrected chi connectivity index (χ1v) is 9.86. The van der Waals surface area contributed by atoms with Crippen molar-refractivity contribution < 1.29 is 0 Å². The minimum Gasteiger partial charge on any atom is -0.303 e. The van der Waals surface area contributed by atoms with Crippen LogP contribution in [0.2, 0.25) is 0 Å². The van der Waals surface area contributed by atoms with Crippen molar-refractivity contribution in [2.24, 2.45) is 17.3 Å². The van der Waals surface area contributed by atoms with Gasteiger partial charge in [-0.1, -0.05) is 41.5 Å². The average molecular weight is 311 g/mol. The maximum Gasteiger partial charge on any atom is 0.00644 e. The third-order valence-electron chi connectivity index (χ3n) is 5.86. The number of piperidine rings is 1. The molecule has 2 heterocycles. The standard InChI is InChI=1S/C18H36N2.C2H6/c1-6-15(2)20-12-7-16(14-20)13-19-10-8-17(9-11-19)18(3,4)5;1-2/h15-17H,6-14H2,1-5H3;1-2H3/t15?,16-;/m0./s1. The Labute approximate surface area is 140 Å². The number of rotatable bonds is 4. The molecule has 2 nitrogen and oxygen atoms in total. The fourth-order valence-corrected chi connectivity index (χ4v) is 4.02. The zero-order valence-corrected chi connectivity index (χ0v) is 16.5. The molecule has 1 unspecified atom stereocenters. The van der Waals surface area contributed by atoms with Gasteiger partial charge < -0.3 is 9.80 Å². The fourth-order valence-electron chi connectivity index (χ4n) is 4.02. The molecule has 0 spiro atoms. The molecule has 0 bridgehead atoms. The highest BCUT2D eigenvalue weighted by atomic mass is 15.2. The molecule has 2 rings (SSSR count). The first-order chi connectivity index (χ1) is 10.4. The van der Waals surface area contributed by atoms with Gasteiger partial charge in [-0.25, -0.2) is 0 Å². The van der Waals surface area contributed by atoms with Gasteiger partial charge in [0.1, 0.15) is 0 Å². The highest BCUT2D eigenvalue weighted by molar-refractivity contribution is 4.85. The predicted octanol–water partition coefficient (Wildman–Crippen LogP) is 4.89. The summed E-state index contributed by atoms with van der Waals surface area (Å²) in [5.74, 6) is 1.86. The molecule has 0 radical (unpaired) electrons. The second-order valence-corrected chi connectivity index (χ2v) is 8.35. The molecular formula is C20H42N2. The third kappa shape index (κ3) is 5.85. The van der Waals surface area contributed by atoms with Crippen molar-refractivity contribution in [1.29, 1.82) is 0 Å². The molecule has 0 aliphatic carbocycles. The summed E-state index contributed by atoms with van der Waals surface area (Å²) in [7, 11) is 0. The van der Waals surface area contributed by atoms with E-state index < -0.39 is 0 Å². The molecule has 132 valence electrons. The lowest BCUT2D eigenvalue weighted by molar-refractivity contribution is 0.100. The van der Waals surface area contributed by atoms with Crippen LogP contribution in [0.25, 0.3) is 0 Å². The van der Waals surface area contributed by atoms with Crippen LogP contribution < -0.4 is 0 Å². The van der Waals surface area contributed by atoms with E-state index in [1.807, 2.05) is 13.8 Å². The number of hydrogen-bond acceptors (Lipinski definition) is 2. The number of likely N-dealkylation sites (tertiary alicyclic amines) is 2. The van der Waals surface area contributed by atoms with Gasteiger partial charge in [-0.05, 0) is 69.5 Å². The Hall–Kier alpha value is -0.0800. The molecule has 0 N–H and O–H groups in total. The van der Waals surface area contributed by atoms with E-state index in [1.165, 1.54) is 58.4 Å². The predicted molar refractivity (Wildman–Crippen MR) is 99.4 cm³/mol. The van der Waals surface area contributed by atoms with Crippen molar-refractivity contribution in [3.8, 4) is 0 Å². The normalized spacial score (nSPS) is 26.6. The van der Waals surface area contributed by atoms with Gasteiger partial charge in [0.05, 0.1) is 0 Å². The summed E-state index contributed by atoms with van der Waals surface area (Å²) in [6, 6.07) is 0.784. The summed E-state index contributed by atoms with van der Waals surface area (Å²) in [4.78, 5) is 5.44. The molecule has 0 aromatic heterocycles. The van der Waals surface area contributed by atoms with Crippen LogP contribution in [0.1, 0.15) is 74.1 Å². The Morgan fingerprint density at radius 2 is 1.59 bits per heavy atom. The van der Waals surface area contributed by atoms with Gasteiger partial charge in [-0.3, -0.25) is 0 Å². The van der Waals surface area contributed by atoms with Gasteiger partial charge in [0.2, 0.25) is 0 Å². The SMILES string of the molecule is CC.CCC(C)N1CC[C@@H](CN2CCC(C(C)(C)C)CC2)C1. The lowest BCUT2D eigenvalue weighted by Gasteiger charge is -2.39. The van der Waals surface area contributed by atoms with E-state index in [9.17, 15) is 0 Å². The van der Waals surface area contributed by atoms with E-state index in [-0.39, 0.29) is 0 Å². The van der Waals surface area contributed by atoms with Gasteiger partial charge in [0.15, 0.2) is 0 Å². The zero-order valence-electron chi connectivity index (χ0n) is 16.5. The van der Waals surface area contributed by atoms with Crippen LogP contribution in [0.3, 0.4) is 0 Å². The van der Waals surface area contributed by atoms with Crippen LogP contribution in [0.4, 0.5) is 0 Å². The van der Waals surface area contributed by atoms with E-state index in [1.54, 1.807) is 0 Å². The van der Waals surface area contributed by atoms with Crippen molar-refractivity contribution in [2.75, 3.05) is 32.7 Å². The molecule has 2 aliphatic rings. The van der Waals surface area contributed by atoms with E-state index in [0.717, 1.165) is 17.9 Å². The van der Waals surface area contributed by atoms with E-state index in [0.29, 0.717) is 5.41 Å². The summed E-state index contributed by atoms with van der Waals surface area (Å²) in [6.45, 7) is 22.6. The van der Waals surface area contributed by atoms with Crippen molar-refractivity contribution in [3.63, 3.8) is 0 Å². The summed E-state index contributed by atoms with van der Waals surface area (Å²) >= 11 is 0. The molecule has 0 saturated carbocycles. The van der Waals surface area contributed by atoms with Crippen LogP contribution in [-0.2, 0) is 0 Å². The largest absolute Gasteiger partial charge is 0.303 e. The van der Waals surface area contributed by atoms with Crippen molar-refractivity contribution in [3.05, 3.63) is 0 Å². The van der Waals surface area contributed by atoms with Crippen molar-refractivity contribution in [1.82, 2.24) is 9.80 Å². The molecule has 0 aromatic carbocycles. The highest BCUT2D eigenvalue weighted by Gasteiger charge is 2.31. The Morgan fingerprint density at radius 3 is 2.09 bits per heavy atom. The van der Waals surface area contributed by atoms with E-state index in [2.05, 4.69) is 44.4 Å². The topological polar surface area (TPSA) is 6.48 Å². The molecular weight excluding hydrogens is 268 g/mol. The molecule has 2 fully saturated rings. The van der Waals surface area contributed by atoms with Gasteiger partial charge in [0.25, 0.3) is 0 Å². The third-order valence-corrected chi connectivity index (χ3v) is 5.86. The lowest BCUT2D eigenvalue weighted by atomic mass is 9.75. The average Bonchev–Trinajstić information content (AvgIpc) is 2.96. The molecule has 22 heavy (non-hydrogen) atoms. The Morgan fingerprint density at radius 1 is 1.00 bits per heavy atom. The maximum atomic E-state index is 2.74. The van der Waals surface area contributed by atoms with Gasteiger partial charge in [-0.2, -0.15) is 0 Å². The second kappa shape index (κ2) is 9.27.